The summed E-state index contributed by atoms with van der Waals surface area (Å²) in [5.74, 6) is 1.83. The van der Waals surface area contributed by atoms with Gasteiger partial charge in [0.15, 0.2) is 0 Å². The minimum absolute atomic E-state index is 0.0403. The van der Waals surface area contributed by atoms with Gasteiger partial charge in [-0.2, -0.15) is 4.98 Å². The molecule has 0 aliphatic heterocycles. The van der Waals surface area contributed by atoms with Gasteiger partial charge in [-0.1, -0.05) is 25.4 Å². The van der Waals surface area contributed by atoms with Crippen LogP contribution in [0.1, 0.15) is 70.2 Å². The molecule has 1 aromatic rings. The van der Waals surface area contributed by atoms with Crippen molar-refractivity contribution < 1.29 is 9.26 Å². The van der Waals surface area contributed by atoms with E-state index in [2.05, 4.69) is 29.3 Å². The number of ether oxygens (including phenoxy) is 1. The maximum Gasteiger partial charge on any atom is 0.231 e. The second kappa shape index (κ2) is 7.01. The van der Waals surface area contributed by atoms with Crippen molar-refractivity contribution in [3.8, 4) is 0 Å². The summed E-state index contributed by atoms with van der Waals surface area (Å²) in [5, 5.41) is 7.62. The Kier molecular flexibility index (Phi) is 5.34. The van der Waals surface area contributed by atoms with Crippen molar-refractivity contribution in [1.82, 2.24) is 15.5 Å². The highest BCUT2D eigenvalue weighted by Crippen LogP contribution is 2.34. The first-order valence-electron chi connectivity index (χ1n) is 7.48. The Morgan fingerprint density at radius 2 is 2.21 bits per heavy atom. The lowest BCUT2D eigenvalue weighted by Gasteiger charge is -2.16. The lowest BCUT2D eigenvalue weighted by Crippen LogP contribution is -2.31. The van der Waals surface area contributed by atoms with Crippen LogP contribution in [0.15, 0.2) is 4.52 Å². The van der Waals surface area contributed by atoms with E-state index in [1.54, 1.807) is 0 Å². The Bertz CT molecular complexity index is 381. The van der Waals surface area contributed by atoms with Gasteiger partial charge in [0.1, 0.15) is 6.10 Å². The van der Waals surface area contributed by atoms with E-state index in [0.29, 0.717) is 24.4 Å². The molecule has 0 amide bonds. The summed E-state index contributed by atoms with van der Waals surface area (Å²) < 4.78 is 11.1. The van der Waals surface area contributed by atoms with Crippen LogP contribution in [0, 0.1) is 0 Å². The molecule has 1 saturated carbocycles. The lowest BCUT2D eigenvalue weighted by molar-refractivity contribution is 0.0518. The first kappa shape index (κ1) is 14.5. The van der Waals surface area contributed by atoms with Crippen LogP contribution in [-0.2, 0) is 4.74 Å². The summed E-state index contributed by atoms with van der Waals surface area (Å²) in [6.45, 7) is 7.86. The first-order valence-corrected chi connectivity index (χ1v) is 7.48. The summed E-state index contributed by atoms with van der Waals surface area (Å²) >= 11 is 0. The molecule has 3 atom stereocenters. The first-order chi connectivity index (χ1) is 9.30. The van der Waals surface area contributed by atoms with E-state index >= 15 is 0 Å². The Morgan fingerprint density at radius 3 is 2.89 bits per heavy atom. The average molecular weight is 267 g/mol. The molecule has 1 aromatic heterocycles. The number of hydrogen-bond acceptors (Lipinski definition) is 5. The van der Waals surface area contributed by atoms with Gasteiger partial charge >= 0.3 is 0 Å². The SMILES string of the molecule is CCNC1CCCC1c1nc(C(CC)OCC)no1. The summed E-state index contributed by atoms with van der Waals surface area (Å²) in [6.07, 6.45) is 4.38. The van der Waals surface area contributed by atoms with E-state index in [0.717, 1.165) is 25.3 Å². The number of aromatic nitrogens is 2. The number of rotatable bonds is 7. The molecule has 0 aromatic carbocycles. The fourth-order valence-corrected chi connectivity index (χ4v) is 2.87. The van der Waals surface area contributed by atoms with Crippen molar-refractivity contribution in [2.24, 2.45) is 0 Å². The van der Waals surface area contributed by atoms with Gasteiger partial charge in [0.2, 0.25) is 11.7 Å². The Hall–Kier alpha value is -0.940. The zero-order valence-electron chi connectivity index (χ0n) is 12.2. The van der Waals surface area contributed by atoms with Gasteiger partial charge in [-0.15, -0.1) is 0 Å². The molecule has 0 bridgehead atoms. The van der Waals surface area contributed by atoms with Crippen molar-refractivity contribution in [3.63, 3.8) is 0 Å². The zero-order valence-corrected chi connectivity index (χ0v) is 12.2. The van der Waals surface area contributed by atoms with E-state index in [1.165, 1.54) is 12.8 Å². The topological polar surface area (TPSA) is 60.2 Å². The van der Waals surface area contributed by atoms with E-state index in [4.69, 9.17) is 9.26 Å². The molecule has 1 aliphatic rings. The van der Waals surface area contributed by atoms with E-state index in [-0.39, 0.29) is 6.10 Å². The monoisotopic (exact) mass is 267 g/mol. The maximum atomic E-state index is 5.63. The van der Waals surface area contributed by atoms with Gasteiger partial charge in [-0.3, -0.25) is 0 Å². The van der Waals surface area contributed by atoms with Gasteiger partial charge in [-0.25, -0.2) is 0 Å². The molecule has 0 radical (unpaired) electrons. The summed E-state index contributed by atoms with van der Waals surface area (Å²) in [6, 6.07) is 0.477. The Labute approximate surface area is 115 Å². The Balaban J connectivity index is 2.07. The predicted molar refractivity (Wildman–Crippen MR) is 73.0 cm³/mol. The van der Waals surface area contributed by atoms with Crippen molar-refractivity contribution in [1.29, 1.82) is 0 Å². The van der Waals surface area contributed by atoms with Gasteiger partial charge in [-0.05, 0) is 32.7 Å². The van der Waals surface area contributed by atoms with E-state index < -0.39 is 0 Å². The lowest BCUT2D eigenvalue weighted by atomic mass is 10.0. The fourth-order valence-electron chi connectivity index (χ4n) is 2.87. The fraction of sp³-hybridized carbons (Fsp3) is 0.857. The molecule has 1 fully saturated rings. The number of likely N-dealkylation sites (N-methyl/N-ethyl adjacent to an activating group) is 1. The third-order valence-corrected chi connectivity index (χ3v) is 3.78. The molecule has 0 spiro atoms. The molecular formula is C14H25N3O2. The number of nitrogens with one attached hydrogen (secondary N) is 1. The molecular weight excluding hydrogens is 242 g/mol. The standard InChI is InChI=1S/C14H25N3O2/c1-4-12(18-6-3)13-16-14(19-17-13)10-8-7-9-11(10)15-5-2/h10-12,15H,4-9H2,1-3H3. The smallest absolute Gasteiger partial charge is 0.231 e. The highest BCUT2D eigenvalue weighted by atomic mass is 16.5. The molecule has 0 saturated heterocycles. The van der Waals surface area contributed by atoms with Crippen LogP contribution in [0.25, 0.3) is 0 Å². The highest BCUT2D eigenvalue weighted by Gasteiger charge is 2.32. The second-order valence-corrected chi connectivity index (χ2v) is 5.04. The van der Waals surface area contributed by atoms with Crippen LogP contribution in [0.4, 0.5) is 0 Å². The van der Waals surface area contributed by atoms with Crippen molar-refractivity contribution >= 4 is 0 Å². The quantitative estimate of drug-likeness (QED) is 0.823. The summed E-state index contributed by atoms with van der Waals surface area (Å²) in [5.41, 5.74) is 0. The minimum atomic E-state index is -0.0403. The van der Waals surface area contributed by atoms with Crippen molar-refractivity contribution in [2.75, 3.05) is 13.2 Å². The van der Waals surface area contributed by atoms with Crippen LogP contribution < -0.4 is 5.32 Å². The van der Waals surface area contributed by atoms with Crippen LogP contribution in [0.3, 0.4) is 0 Å². The number of nitrogens with zero attached hydrogens (tertiary/aromatic N) is 2. The number of hydrogen-bond donors (Lipinski definition) is 1. The van der Waals surface area contributed by atoms with Crippen LogP contribution in [0.5, 0.6) is 0 Å². The molecule has 5 nitrogen and oxygen atoms in total. The van der Waals surface area contributed by atoms with Gasteiger partial charge in [0, 0.05) is 12.6 Å². The predicted octanol–water partition coefficient (Wildman–Crippen LogP) is 2.80. The van der Waals surface area contributed by atoms with Crippen LogP contribution in [-0.4, -0.2) is 29.3 Å². The maximum absolute atomic E-state index is 5.63. The second-order valence-electron chi connectivity index (χ2n) is 5.04. The Morgan fingerprint density at radius 1 is 1.37 bits per heavy atom. The molecule has 2 rings (SSSR count). The summed E-state index contributed by atoms with van der Waals surface area (Å²) in [4.78, 5) is 4.57. The van der Waals surface area contributed by atoms with Crippen LogP contribution >= 0.6 is 0 Å². The third kappa shape index (κ3) is 3.34. The largest absolute Gasteiger partial charge is 0.370 e. The molecule has 3 unspecified atom stereocenters. The van der Waals surface area contributed by atoms with Gasteiger partial charge in [0.25, 0.3) is 0 Å². The molecule has 1 N–H and O–H groups in total. The average Bonchev–Trinajstić information content (AvgIpc) is 3.04. The molecule has 5 heteroatoms. The zero-order chi connectivity index (χ0) is 13.7. The molecule has 1 heterocycles. The highest BCUT2D eigenvalue weighted by molar-refractivity contribution is 5.04. The van der Waals surface area contributed by atoms with E-state index in [1.807, 2.05) is 6.92 Å². The van der Waals surface area contributed by atoms with Crippen LogP contribution in [0.2, 0.25) is 0 Å². The molecule has 1 aliphatic carbocycles. The summed E-state index contributed by atoms with van der Waals surface area (Å²) in [7, 11) is 0. The molecule has 19 heavy (non-hydrogen) atoms. The van der Waals surface area contributed by atoms with Crippen molar-refractivity contribution in [3.05, 3.63) is 11.7 Å². The minimum Gasteiger partial charge on any atom is -0.370 e. The normalized spacial score (nSPS) is 24.8. The third-order valence-electron chi connectivity index (χ3n) is 3.78. The van der Waals surface area contributed by atoms with E-state index in [9.17, 15) is 0 Å². The molecule has 108 valence electrons. The van der Waals surface area contributed by atoms with Crippen molar-refractivity contribution in [2.45, 2.75) is 64.5 Å². The van der Waals surface area contributed by atoms with Gasteiger partial charge < -0.3 is 14.6 Å². The van der Waals surface area contributed by atoms with Gasteiger partial charge in [0.05, 0.1) is 5.92 Å².